The third-order valence-corrected chi connectivity index (χ3v) is 5.90. The van der Waals surface area contributed by atoms with Crippen LogP contribution in [0.4, 0.5) is 4.39 Å². The van der Waals surface area contributed by atoms with Crippen LogP contribution in [0.5, 0.6) is 0 Å². The van der Waals surface area contributed by atoms with E-state index in [0.29, 0.717) is 10.2 Å². The zero-order valence-electron chi connectivity index (χ0n) is 12.8. The smallest absolute Gasteiger partial charge is 0.123 e. The molecule has 1 aliphatic carbocycles. The first kappa shape index (κ1) is 16.0. The van der Waals surface area contributed by atoms with Gasteiger partial charge in [0.05, 0.1) is 0 Å². The maximum Gasteiger partial charge on any atom is 0.123 e. The molecule has 1 aliphatic rings. The van der Waals surface area contributed by atoms with E-state index in [1.165, 1.54) is 31.7 Å². The van der Waals surface area contributed by atoms with Crippen molar-refractivity contribution in [1.82, 2.24) is 0 Å². The third kappa shape index (κ3) is 4.31. The fourth-order valence-electron chi connectivity index (χ4n) is 3.40. The molecule has 0 spiro atoms. The molecule has 1 aromatic carbocycles. The Morgan fingerprint density at radius 2 is 1.85 bits per heavy atom. The lowest BCUT2D eigenvalue weighted by atomic mass is 9.69. The molecule has 1 aromatic rings. The molecule has 0 aliphatic heterocycles. The minimum absolute atomic E-state index is 0.126. The van der Waals surface area contributed by atoms with Gasteiger partial charge in [-0.05, 0) is 67.1 Å². The summed E-state index contributed by atoms with van der Waals surface area (Å²) in [5.41, 5.74) is 1.54. The third-order valence-electron chi connectivity index (χ3n) is 4.83. The Morgan fingerprint density at radius 3 is 2.40 bits per heavy atom. The van der Waals surface area contributed by atoms with Gasteiger partial charge < -0.3 is 0 Å². The standard InChI is InChI=1S/C18H26BrF/c1-18(2,3)15-9-7-14(8-10-15)17(19)12-13-5-4-6-16(20)11-13/h4-6,11,14-15,17H,7-10,12H2,1-3H3. The molecule has 1 saturated carbocycles. The van der Waals surface area contributed by atoms with Crippen LogP contribution in [0.1, 0.15) is 52.0 Å². The highest BCUT2D eigenvalue weighted by Gasteiger charge is 2.32. The van der Waals surface area contributed by atoms with Crippen LogP contribution < -0.4 is 0 Å². The van der Waals surface area contributed by atoms with Gasteiger partial charge in [-0.2, -0.15) is 0 Å². The van der Waals surface area contributed by atoms with E-state index in [4.69, 9.17) is 0 Å². The van der Waals surface area contributed by atoms with Crippen LogP contribution in [-0.4, -0.2) is 4.83 Å². The maximum absolute atomic E-state index is 13.2. The molecule has 20 heavy (non-hydrogen) atoms. The zero-order valence-corrected chi connectivity index (χ0v) is 14.4. The Bertz CT molecular complexity index is 427. The molecule has 2 rings (SSSR count). The Hall–Kier alpha value is -0.370. The van der Waals surface area contributed by atoms with Crippen LogP contribution >= 0.6 is 15.9 Å². The largest absolute Gasteiger partial charge is 0.207 e. The number of rotatable bonds is 3. The van der Waals surface area contributed by atoms with Crippen molar-refractivity contribution in [2.45, 2.75) is 57.7 Å². The molecule has 1 fully saturated rings. The van der Waals surface area contributed by atoms with Crippen molar-refractivity contribution >= 4 is 15.9 Å². The number of halogens is 2. The molecule has 0 aromatic heterocycles. The normalized spacial score (nSPS) is 25.4. The summed E-state index contributed by atoms with van der Waals surface area (Å²) in [4.78, 5) is 0.477. The highest BCUT2D eigenvalue weighted by atomic mass is 79.9. The van der Waals surface area contributed by atoms with E-state index in [2.05, 4.69) is 36.7 Å². The Kier molecular flexibility index (Phi) is 5.28. The highest BCUT2D eigenvalue weighted by Crippen LogP contribution is 2.42. The van der Waals surface area contributed by atoms with Gasteiger partial charge in [0.25, 0.3) is 0 Å². The number of alkyl halides is 1. The van der Waals surface area contributed by atoms with Crippen LogP contribution in [0.3, 0.4) is 0 Å². The number of hydrogen-bond acceptors (Lipinski definition) is 0. The van der Waals surface area contributed by atoms with Gasteiger partial charge in [-0.3, -0.25) is 0 Å². The predicted molar refractivity (Wildman–Crippen MR) is 87.7 cm³/mol. The van der Waals surface area contributed by atoms with Crippen LogP contribution in [0.2, 0.25) is 0 Å². The van der Waals surface area contributed by atoms with E-state index in [9.17, 15) is 4.39 Å². The summed E-state index contributed by atoms with van der Waals surface area (Å²) in [6.07, 6.45) is 6.20. The average Bonchev–Trinajstić information content (AvgIpc) is 2.38. The quantitative estimate of drug-likeness (QED) is 0.593. The fraction of sp³-hybridized carbons (Fsp3) is 0.667. The number of benzene rings is 1. The fourth-order valence-corrected chi connectivity index (χ4v) is 4.31. The van der Waals surface area contributed by atoms with Gasteiger partial charge >= 0.3 is 0 Å². The molecule has 0 amide bonds. The second-order valence-corrected chi connectivity index (χ2v) is 8.50. The van der Waals surface area contributed by atoms with Gasteiger partial charge in [0.2, 0.25) is 0 Å². The number of hydrogen-bond donors (Lipinski definition) is 0. The molecule has 1 atom stereocenters. The summed E-state index contributed by atoms with van der Waals surface area (Å²) in [5.74, 6) is 1.46. The van der Waals surface area contributed by atoms with E-state index >= 15 is 0 Å². The van der Waals surface area contributed by atoms with Crippen molar-refractivity contribution in [2.75, 3.05) is 0 Å². The van der Waals surface area contributed by atoms with Gasteiger partial charge in [0.15, 0.2) is 0 Å². The first-order valence-electron chi connectivity index (χ1n) is 7.75. The van der Waals surface area contributed by atoms with Gasteiger partial charge in [0, 0.05) is 4.83 Å². The lowest BCUT2D eigenvalue weighted by molar-refractivity contribution is 0.149. The summed E-state index contributed by atoms with van der Waals surface area (Å²) in [5, 5.41) is 0. The summed E-state index contributed by atoms with van der Waals surface area (Å²) in [6, 6.07) is 7.01. The maximum atomic E-state index is 13.2. The molecular formula is C18H26BrF. The lowest BCUT2D eigenvalue weighted by Crippen LogP contribution is -2.29. The van der Waals surface area contributed by atoms with Gasteiger partial charge in [-0.1, -0.05) is 48.8 Å². The van der Waals surface area contributed by atoms with E-state index in [-0.39, 0.29) is 5.82 Å². The monoisotopic (exact) mass is 340 g/mol. The van der Waals surface area contributed by atoms with Gasteiger partial charge in [-0.25, -0.2) is 4.39 Å². The minimum atomic E-state index is -0.126. The molecule has 0 saturated heterocycles. The molecular weight excluding hydrogens is 315 g/mol. The Morgan fingerprint density at radius 1 is 1.20 bits per heavy atom. The summed E-state index contributed by atoms with van der Waals surface area (Å²) in [7, 11) is 0. The second kappa shape index (κ2) is 6.60. The summed E-state index contributed by atoms with van der Waals surface area (Å²) in [6.45, 7) is 7.07. The van der Waals surface area contributed by atoms with Crippen molar-refractivity contribution in [1.29, 1.82) is 0 Å². The first-order valence-corrected chi connectivity index (χ1v) is 8.66. The Balaban J connectivity index is 1.87. The molecule has 0 heterocycles. The summed E-state index contributed by atoms with van der Waals surface area (Å²) >= 11 is 3.85. The van der Waals surface area contributed by atoms with E-state index < -0.39 is 0 Å². The molecule has 0 radical (unpaired) electrons. The van der Waals surface area contributed by atoms with Crippen molar-refractivity contribution < 1.29 is 4.39 Å². The van der Waals surface area contributed by atoms with Crippen LogP contribution in [0.25, 0.3) is 0 Å². The lowest BCUT2D eigenvalue weighted by Gasteiger charge is -2.38. The molecule has 1 unspecified atom stereocenters. The van der Waals surface area contributed by atoms with Crippen LogP contribution in [0.15, 0.2) is 24.3 Å². The van der Waals surface area contributed by atoms with E-state index in [0.717, 1.165) is 23.8 Å². The van der Waals surface area contributed by atoms with E-state index in [1.807, 2.05) is 6.07 Å². The predicted octanol–water partition coefficient (Wildman–Crippen LogP) is 5.98. The minimum Gasteiger partial charge on any atom is -0.207 e. The first-order chi connectivity index (χ1) is 9.36. The highest BCUT2D eigenvalue weighted by molar-refractivity contribution is 9.09. The molecule has 0 nitrogen and oxygen atoms in total. The topological polar surface area (TPSA) is 0 Å². The molecule has 0 N–H and O–H groups in total. The Labute approximate surface area is 131 Å². The molecule has 112 valence electrons. The van der Waals surface area contributed by atoms with Crippen molar-refractivity contribution in [3.8, 4) is 0 Å². The van der Waals surface area contributed by atoms with E-state index in [1.54, 1.807) is 12.1 Å². The molecule has 2 heteroatoms. The van der Waals surface area contributed by atoms with Crippen LogP contribution in [0, 0.1) is 23.1 Å². The van der Waals surface area contributed by atoms with Crippen molar-refractivity contribution in [3.63, 3.8) is 0 Å². The second-order valence-electron chi connectivity index (χ2n) is 7.33. The van der Waals surface area contributed by atoms with Gasteiger partial charge in [0.1, 0.15) is 5.82 Å². The zero-order chi connectivity index (χ0) is 14.8. The van der Waals surface area contributed by atoms with Crippen LogP contribution in [-0.2, 0) is 6.42 Å². The van der Waals surface area contributed by atoms with Gasteiger partial charge in [-0.15, -0.1) is 0 Å². The van der Waals surface area contributed by atoms with Crippen molar-refractivity contribution in [2.24, 2.45) is 17.3 Å². The average molecular weight is 341 g/mol. The van der Waals surface area contributed by atoms with Crippen molar-refractivity contribution in [3.05, 3.63) is 35.6 Å². The summed E-state index contributed by atoms with van der Waals surface area (Å²) < 4.78 is 13.2. The molecule has 0 bridgehead atoms. The SMILES string of the molecule is CC(C)(C)C1CCC(C(Br)Cc2cccc(F)c2)CC1.